The van der Waals surface area contributed by atoms with Crippen molar-refractivity contribution in [3.05, 3.63) is 42.0 Å². The molecule has 1 aromatic carbocycles. The highest BCUT2D eigenvalue weighted by Gasteiger charge is 1.90. The zero-order valence-electron chi connectivity index (χ0n) is 8.92. The summed E-state index contributed by atoms with van der Waals surface area (Å²) in [5.74, 6) is 0. The fourth-order valence-electron chi connectivity index (χ4n) is 0.941. The lowest BCUT2D eigenvalue weighted by Gasteiger charge is -2.06. The van der Waals surface area contributed by atoms with Crippen LogP contribution in [0.25, 0.3) is 6.08 Å². The maximum absolute atomic E-state index is 5.00. The van der Waals surface area contributed by atoms with Crippen molar-refractivity contribution in [1.82, 2.24) is 4.90 Å². The van der Waals surface area contributed by atoms with Crippen LogP contribution in [-0.2, 0) is 0 Å². The average molecular weight is 218 g/mol. The number of thiocarbonyl (C=S) groups is 1. The Morgan fingerprint density at radius 3 is 2.53 bits per heavy atom. The van der Waals surface area contributed by atoms with E-state index >= 15 is 0 Å². The standard InChI is InChI=1S/C12H14N2S/c1-14(2)12(15)13-10-6-9-11-7-4-3-5-8-11/h3-10H,1-2H3/b9-6+,13-10+. The number of nitrogens with zero attached hydrogens (tertiary/aromatic N) is 2. The van der Waals surface area contributed by atoms with Crippen LogP contribution in [0.15, 0.2) is 41.4 Å². The van der Waals surface area contributed by atoms with Crippen molar-refractivity contribution in [3.8, 4) is 0 Å². The summed E-state index contributed by atoms with van der Waals surface area (Å²) in [6.45, 7) is 0. The van der Waals surface area contributed by atoms with Crippen LogP contribution in [0.5, 0.6) is 0 Å². The van der Waals surface area contributed by atoms with E-state index in [4.69, 9.17) is 12.2 Å². The maximum atomic E-state index is 5.00. The van der Waals surface area contributed by atoms with Gasteiger partial charge in [-0.05, 0) is 23.9 Å². The second kappa shape index (κ2) is 6.09. The van der Waals surface area contributed by atoms with Gasteiger partial charge in [0.25, 0.3) is 0 Å². The Morgan fingerprint density at radius 1 is 1.27 bits per heavy atom. The van der Waals surface area contributed by atoms with E-state index < -0.39 is 0 Å². The number of allylic oxidation sites excluding steroid dienone is 1. The molecule has 0 saturated carbocycles. The van der Waals surface area contributed by atoms with Crippen LogP contribution in [0.3, 0.4) is 0 Å². The van der Waals surface area contributed by atoms with E-state index in [0.717, 1.165) is 5.56 Å². The number of hydrogen-bond donors (Lipinski definition) is 0. The molecule has 0 saturated heterocycles. The first-order chi connectivity index (χ1) is 7.20. The minimum absolute atomic E-state index is 0.577. The molecule has 0 fully saturated rings. The molecule has 0 aromatic heterocycles. The summed E-state index contributed by atoms with van der Waals surface area (Å²) < 4.78 is 0. The number of rotatable bonds is 2. The quantitative estimate of drug-likeness (QED) is 0.560. The molecule has 0 aliphatic rings. The Morgan fingerprint density at radius 2 is 1.93 bits per heavy atom. The van der Waals surface area contributed by atoms with Crippen LogP contribution in [0.4, 0.5) is 0 Å². The Bertz CT molecular complexity index is 366. The van der Waals surface area contributed by atoms with Crippen LogP contribution in [0.2, 0.25) is 0 Å². The van der Waals surface area contributed by atoms with Crippen molar-refractivity contribution < 1.29 is 0 Å². The molecule has 0 aliphatic heterocycles. The zero-order valence-corrected chi connectivity index (χ0v) is 9.74. The fraction of sp³-hybridized carbons (Fsp3) is 0.167. The summed E-state index contributed by atoms with van der Waals surface area (Å²) in [5.41, 5.74) is 1.15. The molecular formula is C12H14N2S. The normalized spacial score (nSPS) is 11.1. The van der Waals surface area contributed by atoms with E-state index in [0.29, 0.717) is 5.11 Å². The molecular weight excluding hydrogens is 204 g/mol. The predicted octanol–water partition coefficient (Wildman–Crippen LogP) is 2.62. The third-order valence-corrected chi connectivity index (χ3v) is 2.21. The molecule has 0 N–H and O–H groups in total. The van der Waals surface area contributed by atoms with Gasteiger partial charge in [0.15, 0.2) is 5.11 Å². The highest BCUT2D eigenvalue weighted by molar-refractivity contribution is 7.80. The van der Waals surface area contributed by atoms with Gasteiger partial charge in [-0.3, -0.25) is 0 Å². The molecule has 3 heteroatoms. The SMILES string of the molecule is CN(C)C(=S)/N=C/C=C/c1ccccc1. The number of benzene rings is 1. The van der Waals surface area contributed by atoms with Gasteiger partial charge in [0, 0.05) is 20.3 Å². The Kier molecular flexibility index (Phi) is 4.71. The van der Waals surface area contributed by atoms with Gasteiger partial charge in [0.05, 0.1) is 0 Å². The van der Waals surface area contributed by atoms with Crippen LogP contribution >= 0.6 is 12.2 Å². The third-order valence-electron chi connectivity index (χ3n) is 1.74. The minimum Gasteiger partial charge on any atom is -0.354 e. The lowest BCUT2D eigenvalue weighted by molar-refractivity contribution is 0.629. The predicted molar refractivity (Wildman–Crippen MR) is 70.3 cm³/mol. The smallest absolute Gasteiger partial charge is 0.194 e. The van der Waals surface area contributed by atoms with Crippen molar-refractivity contribution in [2.45, 2.75) is 0 Å². The Hall–Kier alpha value is -1.48. The molecule has 0 atom stereocenters. The highest BCUT2D eigenvalue weighted by Crippen LogP contribution is 1.99. The van der Waals surface area contributed by atoms with E-state index in [1.807, 2.05) is 56.6 Å². The van der Waals surface area contributed by atoms with Crippen LogP contribution in [0, 0.1) is 0 Å². The molecule has 0 bridgehead atoms. The summed E-state index contributed by atoms with van der Waals surface area (Å²) in [4.78, 5) is 5.88. The first-order valence-corrected chi connectivity index (χ1v) is 5.08. The molecule has 1 aromatic rings. The van der Waals surface area contributed by atoms with Gasteiger partial charge in [-0.25, -0.2) is 4.99 Å². The first-order valence-electron chi connectivity index (χ1n) is 4.67. The average Bonchev–Trinajstić information content (AvgIpc) is 2.25. The van der Waals surface area contributed by atoms with Gasteiger partial charge in [-0.1, -0.05) is 36.4 Å². The zero-order chi connectivity index (χ0) is 11.1. The van der Waals surface area contributed by atoms with Gasteiger partial charge >= 0.3 is 0 Å². The van der Waals surface area contributed by atoms with E-state index in [-0.39, 0.29) is 0 Å². The van der Waals surface area contributed by atoms with Gasteiger partial charge in [-0.15, -0.1) is 0 Å². The summed E-state index contributed by atoms with van der Waals surface area (Å²) in [6.07, 6.45) is 5.57. The molecule has 2 nitrogen and oxygen atoms in total. The van der Waals surface area contributed by atoms with Crippen molar-refractivity contribution in [2.75, 3.05) is 14.1 Å². The molecule has 1 rings (SSSR count). The van der Waals surface area contributed by atoms with E-state index in [2.05, 4.69) is 4.99 Å². The van der Waals surface area contributed by atoms with E-state index in [1.165, 1.54) is 0 Å². The second-order valence-electron chi connectivity index (χ2n) is 3.22. The van der Waals surface area contributed by atoms with E-state index in [1.54, 1.807) is 11.1 Å². The molecule has 0 radical (unpaired) electrons. The largest absolute Gasteiger partial charge is 0.354 e. The van der Waals surface area contributed by atoms with Gasteiger partial charge in [-0.2, -0.15) is 0 Å². The lowest BCUT2D eigenvalue weighted by Crippen LogP contribution is -2.16. The summed E-state index contributed by atoms with van der Waals surface area (Å²) in [7, 11) is 3.75. The Balaban J connectivity index is 2.50. The van der Waals surface area contributed by atoms with Crippen molar-refractivity contribution in [3.63, 3.8) is 0 Å². The number of hydrogen-bond acceptors (Lipinski definition) is 1. The molecule has 15 heavy (non-hydrogen) atoms. The third kappa shape index (κ3) is 4.51. The second-order valence-corrected chi connectivity index (χ2v) is 3.59. The maximum Gasteiger partial charge on any atom is 0.194 e. The minimum atomic E-state index is 0.577. The molecule has 78 valence electrons. The molecule has 0 heterocycles. The summed E-state index contributed by atoms with van der Waals surface area (Å²) >= 11 is 5.00. The summed E-state index contributed by atoms with van der Waals surface area (Å²) in [5, 5.41) is 0.577. The van der Waals surface area contributed by atoms with Crippen molar-refractivity contribution in [1.29, 1.82) is 0 Å². The molecule has 0 spiro atoms. The van der Waals surface area contributed by atoms with Gasteiger partial charge in [0.2, 0.25) is 0 Å². The molecule has 0 aliphatic carbocycles. The molecule has 0 unspecified atom stereocenters. The topological polar surface area (TPSA) is 15.6 Å². The van der Waals surface area contributed by atoms with E-state index in [9.17, 15) is 0 Å². The van der Waals surface area contributed by atoms with Crippen LogP contribution < -0.4 is 0 Å². The van der Waals surface area contributed by atoms with Crippen LogP contribution in [0.1, 0.15) is 5.56 Å². The van der Waals surface area contributed by atoms with Gasteiger partial charge in [0.1, 0.15) is 0 Å². The molecule has 0 amide bonds. The lowest BCUT2D eigenvalue weighted by atomic mass is 10.2. The Labute approximate surface area is 95.9 Å². The highest BCUT2D eigenvalue weighted by atomic mass is 32.1. The van der Waals surface area contributed by atoms with Gasteiger partial charge < -0.3 is 4.90 Å². The van der Waals surface area contributed by atoms with Crippen molar-refractivity contribution >= 4 is 29.6 Å². The first kappa shape index (κ1) is 11.6. The monoisotopic (exact) mass is 218 g/mol. The fourth-order valence-corrected chi connectivity index (χ4v) is 1.00. The summed E-state index contributed by atoms with van der Waals surface area (Å²) in [6, 6.07) is 10.1. The van der Waals surface area contributed by atoms with Crippen LogP contribution in [-0.4, -0.2) is 30.3 Å². The number of aliphatic imine (C=N–C) groups is 1. The van der Waals surface area contributed by atoms with Crippen molar-refractivity contribution in [2.24, 2.45) is 4.99 Å².